The summed E-state index contributed by atoms with van der Waals surface area (Å²) in [4.78, 5) is 2.50. The highest BCUT2D eigenvalue weighted by Crippen LogP contribution is 2.28. The number of nitrogens with two attached hydrogens (primary N) is 1. The number of hydrogen-bond donors (Lipinski definition) is 1. The summed E-state index contributed by atoms with van der Waals surface area (Å²) in [6, 6.07) is 10.9. The van der Waals surface area contributed by atoms with Crippen molar-refractivity contribution in [2.75, 3.05) is 13.1 Å². The van der Waals surface area contributed by atoms with E-state index in [1.807, 2.05) is 0 Å². The van der Waals surface area contributed by atoms with Crippen molar-refractivity contribution in [1.82, 2.24) is 14.7 Å². The van der Waals surface area contributed by atoms with E-state index in [2.05, 4.69) is 60.8 Å². The minimum atomic E-state index is 0. The van der Waals surface area contributed by atoms with Gasteiger partial charge in [0.2, 0.25) is 0 Å². The maximum absolute atomic E-state index is 6.44. The largest absolute Gasteiger partial charge is 0.326 e. The number of hydrogen-bond acceptors (Lipinski definition) is 3. The van der Waals surface area contributed by atoms with Gasteiger partial charge in [0, 0.05) is 49.9 Å². The van der Waals surface area contributed by atoms with Gasteiger partial charge in [-0.05, 0) is 18.4 Å². The summed E-state index contributed by atoms with van der Waals surface area (Å²) in [5.74, 6) is 0.433. The number of rotatable bonds is 5. The second-order valence-corrected chi connectivity index (χ2v) is 6.58. The van der Waals surface area contributed by atoms with E-state index in [1.165, 1.54) is 22.5 Å². The molecule has 5 heteroatoms. The van der Waals surface area contributed by atoms with E-state index in [4.69, 9.17) is 10.8 Å². The lowest BCUT2D eigenvalue weighted by molar-refractivity contribution is 0.321. The average molecular weight is 349 g/mol. The fourth-order valence-electron chi connectivity index (χ4n) is 3.89. The number of benzene rings is 1. The van der Waals surface area contributed by atoms with Gasteiger partial charge in [0.15, 0.2) is 0 Å². The minimum Gasteiger partial charge on any atom is -0.326 e. The van der Waals surface area contributed by atoms with Crippen molar-refractivity contribution in [3.8, 4) is 0 Å². The van der Waals surface area contributed by atoms with Crippen molar-refractivity contribution in [1.29, 1.82) is 0 Å². The van der Waals surface area contributed by atoms with Crippen molar-refractivity contribution < 1.29 is 0 Å². The highest BCUT2D eigenvalue weighted by Gasteiger charge is 2.32. The number of nitrogens with zero attached hydrogens (tertiary/aromatic N) is 3. The van der Waals surface area contributed by atoms with Gasteiger partial charge in [0.05, 0.1) is 5.69 Å². The zero-order chi connectivity index (χ0) is 16.4. The third-order valence-electron chi connectivity index (χ3n) is 5.08. The molecule has 0 spiro atoms. The molecular formula is C19H29ClN4. The highest BCUT2D eigenvalue weighted by atomic mass is 35.5. The average Bonchev–Trinajstić information content (AvgIpc) is 3.08. The molecule has 1 aliphatic rings. The van der Waals surface area contributed by atoms with Gasteiger partial charge in [0.1, 0.15) is 0 Å². The van der Waals surface area contributed by atoms with Crippen molar-refractivity contribution >= 4 is 12.4 Å². The van der Waals surface area contributed by atoms with Crippen LogP contribution < -0.4 is 5.73 Å². The third-order valence-corrected chi connectivity index (χ3v) is 5.08. The molecule has 2 N–H and O–H groups in total. The molecule has 1 aromatic carbocycles. The predicted octanol–water partition coefficient (Wildman–Crippen LogP) is 2.89. The molecule has 1 aromatic heterocycles. The van der Waals surface area contributed by atoms with Gasteiger partial charge in [-0.1, -0.05) is 44.2 Å². The maximum atomic E-state index is 6.44. The van der Waals surface area contributed by atoms with Gasteiger partial charge in [-0.3, -0.25) is 9.58 Å². The van der Waals surface area contributed by atoms with E-state index >= 15 is 0 Å². The minimum absolute atomic E-state index is 0. The second-order valence-electron chi connectivity index (χ2n) is 6.58. The number of halogens is 1. The lowest BCUT2D eigenvalue weighted by atomic mass is 9.95. The molecule has 2 heterocycles. The number of aryl methyl sites for hydroxylation is 2. The van der Waals surface area contributed by atoms with Crippen LogP contribution >= 0.6 is 12.4 Å². The summed E-state index contributed by atoms with van der Waals surface area (Å²) in [5.41, 5.74) is 11.8. The summed E-state index contributed by atoms with van der Waals surface area (Å²) in [6.45, 7) is 7.36. The summed E-state index contributed by atoms with van der Waals surface area (Å²) in [7, 11) is 2.06. The van der Waals surface area contributed by atoms with E-state index in [9.17, 15) is 0 Å². The Morgan fingerprint density at radius 2 is 1.83 bits per heavy atom. The van der Waals surface area contributed by atoms with Gasteiger partial charge < -0.3 is 5.73 Å². The molecule has 0 radical (unpaired) electrons. The van der Waals surface area contributed by atoms with Gasteiger partial charge in [-0.25, -0.2) is 0 Å². The zero-order valence-corrected chi connectivity index (χ0v) is 15.7. The fourth-order valence-corrected chi connectivity index (χ4v) is 3.89. The summed E-state index contributed by atoms with van der Waals surface area (Å²) >= 11 is 0. The van der Waals surface area contributed by atoms with E-state index < -0.39 is 0 Å². The maximum Gasteiger partial charge on any atom is 0.0669 e. The summed E-state index contributed by atoms with van der Waals surface area (Å²) < 4.78 is 2.05. The number of likely N-dealkylation sites (tertiary alicyclic amines) is 1. The molecule has 0 saturated carbocycles. The highest BCUT2D eigenvalue weighted by molar-refractivity contribution is 5.85. The number of aromatic nitrogens is 2. The van der Waals surface area contributed by atoms with Crippen molar-refractivity contribution in [3.05, 3.63) is 52.8 Å². The monoisotopic (exact) mass is 348 g/mol. The van der Waals surface area contributed by atoms with Crippen molar-refractivity contribution in [3.63, 3.8) is 0 Å². The molecule has 1 aliphatic heterocycles. The van der Waals surface area contributed by atoms with Gasteiger partial charge in [-0.15, -0.1) is 12.4 Å². The topological polar surface area (TPSA) is 47.1 Å². The molecule has 132 valence electrons. The molecule has 0 aliphatic carbocycles. The quantitative estimate of drug-likeness (QED) is 0.903. The van der Waals surface area contributed by atoms with Crippen LogP contribution in [0.4, 0.5) is 0 Å². The van der Waals surface area contributed by atoms with Crippen molar-refractivity contribution in [2.24, 2.45) is 12.8 Å². The molecular weight excluding hydrogens is 320 g/mol. The van der Waals surface area contributed by atoms with Gasteiger partial charge in [-0.2, -0.15) is 5.10 Å². The standard InChI is InChI=1S/C19H28N4.ClH/c1-4-18-16(19(5-2)22(3)21-18)12-23-11-15(17(20)13-23)14-9-7-6-8-10-14;/h6-10,15,17H,4-5,11-13,20H2,1-3H3;1H/t15-,17+;/m0./s1. The van der Waals surface area contributed by atoms with E-state index in [0.29, 0.717) is 5.92 Å². The Bertz CT molecular complexity index is 653. The summed E-state index contributed by atoms with van der Waals surface area (Å²) in [6.07, 6.45) is 2.02. The first-order chi connectivity index (χ1) is 11.1. The smallest absolute Gasteiger partial charge is 0.0669 e. The second kappa shape index (κ2) is 8.15. The van der Waals surface area contributed by atoms with Crippen LogP contribution in [-0.2, 0) is 26.4 Å². The molecule has 0 amide bonds. The Morgan fingerprint density at radius 1 is 1.12 bits per heavy atom. The SMILES string of the molecule is CCc1nn(C)c(CC)c1CN1C[C@@H](N)[C@H](c2ccccc2)C1.Cl. The van der Waals surface area contributed by atoms with Crippen LogP contribution in [0.25, 0.3) is 0 Å². The molecule has 4 nitrogen and oxygen atoms in total. The normalized spacial score (nSPS) is 21.0. The lowest BCUT2D eigenvalue weighted by Gasteiger charge is -2.17. The van der Waals surface area contributed by atoms with Crippen LogP contribution in [0.1, 0.15) is 42.3 Å². The van der Waals surface area contributed by atoms with Crippen LogP contribution in [0.15, 0.2) is 30.3 Å². The van der Waals surface area contributed by atoms with E-state index in [1.54, 1.807) is 0 Å². The Morgan fingerprint density at radius 3 is 2.46 bits per heavy atom. The first-order valence-corrected chi connectivity index (χ1v) is 8.70. The molecule has 2 atom stereocenters. The Hall–Kier alpha value is -1.36. The fraction of sp³-hybridized carbons (Fsp3) is 0.526. The van der Waals surface area contributed by atoms with E-state index in [-0.39, 0.29) is 18.4 Å². The Labute approximate surface area is 151 Å². The molecule has 1 fully saturated rings. The molecule has 0 bridgehead atoms. The Kier molecular flexibility index (Phi) is 6.44. The van der Waals surface area contributed by atoms with Crippen LogP contribution in [0, 0.1) is 0 Å². The van der Waals surface area contributed by atoms with Gasteiger partial charge in [0.25, 0.3) is 0 Å². The lowest BCUT2D eigenvalue weighted by Crippen LogP contribution is -2.28. The van der Waals surface area contributed by atoms with Crippen LogP contribution in [-0.4, -0.2) is 33.8 Å². The third kappa shape index (κ3) is 3.66. The molecule has 3 rings (SSSR count). The van der Waals surface area contributed by atoms with Crippen LogP contribution in [0.2, 0.25) is 0 Å². The van der Waals surface area contributed by atoms with Crippen LogP contribution in [0.3, 0.4) is 0 Å². The van der Waals surface area contributed by atoms with E-state index in [0.717, 1.165) is 32.5 Å². The first kappa shape index (κ1) is 19.0. The predicted molar refractivity (Wildman–Crippen MR) is 102 cm³/mol. The molecule has 0 unspecified atom stereocenters. The van der Waals surface area contributed by atoms with Crippen molar-refractivity contribution in [2.45, 2.75) is 45.2 Å². The summed E-state index contributed by atoms with van der Waals surface area (Å²) in [5, 5.41) is 4.70. The van der Waals surface area contributed by atoms with Gasteiger partial charge >= 0.3 is 0 Å². The zero-order valence-electron chi connectivity index (χ0n) is 14.9. The molecule has 24 heavy (non-hydrogen) atoms. The molecule has 1 saturated heterocycles. The Balaban J connectivity index is 0.00000208. The first-order valence-electron chi connectivity index (χ1n) is 8.70. The molecule has 2 aromatic rings. The van der Waals surface area contributed by atoms with Crippen LogP contribution in [0.5, 0.6) is 0 Å².